The number of nitrogen functional groups attached to an aromatic ring is 1. The predicted molar refractivity (Wildman–Crippen MR) is 79.7 cm³/mol. The summed E-state index contributed by atoms with van der Waals surface area (Å²) >= 11 is 0. The Morgan fingerprint density at radius 2 is 1.95 bits per heavy atom. The molecule has 0 aliphatic heterocycles. The molecule has 0 spiro atoms. The van der Waals surface area contributed by atoms with Crippen molar-refractivity contribution in [1.29, 1.82) is 0 Å². The molecule has 0 radical (unpaired) electrons. The summed E-state index contributed by atoms with van der Waals surface area (Å²) in [6.45, 7) is 1.92. The molecule has 2 rings (SSSR count). The van der Waals surface area contributed by atoms with Crippen molar-refractivity contribution in [2.45, 2.75) is 13.0 Å². The third kappa shape index (κ3) is 3.29. The summed E-state index contributed by atoms with van der Waals surface area (Å²) in [6, 6.07) is 14.4. The molecule has 3 N–H and O–H groups in total. The lowest BCUT2D eigenvalue weighted by Crippen LogP contribution is -2.26. The Hall–Kier alpha value is -2.49. The van der Waals surface area contributed by atoms with E-state index in [2.05, 4.69) is 5.32 Å². The predicted octanol–water partition coefficient (Wildman–Crippen LogP) is 2.77. The zero-order chi connectivity index (χ0) is 14.5. The van der Waals surface area contributed by atoms with E-state index in [1.807, 2.05) is 31.2 Å². The van der Waals surface area contributed by atoms with Gasteiger partial charge in [0.25, 0.3) is 5.91 Å². The molecular weight excluding hydrogens is 252 g/mol. The van der Waals surface area contributed by atoms with Gasteiger partial charge < -0.3 is 15.8 Å². The molecule has 0 saturated carbocycles. The lowest BCUT2D eigenvalue weighted by atomic mass is 10.1. The third-order valence-corrected chi connectivity index (χ3v) is 3.09. The van der Waals surface area contributed by atoms with Gasteiger partial charge in [0.05, 0.1) is 13.2 Å². The van der Waals surface area contributed by atoms with Gasteiger partial charge in [-0.15, -0.1) is 0 Å². The highest BCUT2D eigenvalue weighted by molar-refractivity contribution is 5.94. The summed E-state index contributed by atoms with van der Waals surface area (Å²) in [5.74, 6) is 0.521. The molecule has 0 bridgehead atoms. The molecule has 1 unspecified atom stereocenters. The summed E-state index contributed by atoms with van der Waals surface area (Å²) in [6.07, 6.45) is 0. The van der Waals surface area contributed by atoms with Crippen molar-refractivity contribution in [3.63, 3.8) is 0 Å². The Morgan fingerprint density at radius 3 is 2.65 bits per heavy atom. The number of carbonyl (C=O) groups is 1. The third-order valence-electron chi connectivity index (χ3n) is 3.09. The molecule has 4 heteroatoms. The number of carbonyl (C=O) groups excluding carboxylic acids is 1. The van der Waals surface area contributed by atoms with Crippen LogP contribution in [0.25, 0.3) is 0 Å². The number of anilines is 1. The molecule has 2 aromatic rings. The van der Waals surface area contributed by atoms with Gasteiger partial charge in [0.15, 0.2) is 0 Å². The molecule has 0 aromatic heterocycles. The molecule has 0 aliphatic carbocycles. The van der Waals surface area contributed by atoms with Crippen molar-refractivity contribution in [1.82, 2.24) is 5.32 Å². The fourth-order valence-corrected chi connectivity index (χ4v) is 1.96. The normalized spacial score (nSPS) is 11.7. The maximum Gasteiger partial charge on any atom is 0.251 e. The first-order chi connectivity index (χ1) is 9.60. The Morgan fingerprint density at radius 1 is 1.20 bits per heavy atom. The maximum atomic E-state index is 12.2. The summed E-state index contributed by atoms with van der Waals surface area (Å²) in [4.78, 5) is 12.2. The van der Waals surface area contributed by atoms with E-state index in [1.54, 1.807) is 31.4 Å². The van der Waals surface area contributed by atoms with Gasteiger partial charge in [-0.3, -0.25) is 4.79 Å². The second-order valence-corrected chi connectivity index (χ2v) is 4.60. The SMILES string of the molecule is COc1cccc(C(=O)NC(C)c2cccc(N)c2)c1. The average Bonchev–Trinajstić information content (AvgIpc) is 2.47. The zero-order valence-electron chi connectivity index (χ0n) is 11.6. The molecule has 0 saturated heterocycles. The highest BCUT2D eigenvalue weighted by Gasteiger charge is 2.12. The fourth-order valence-electron chi connectivity index (χ4n) is 1.96. The number of hydrogen-bond acceptors (Lipinski definition) is 3. The first-order valence-corrected chi connectivity index (χ1v) is 6.40. The van der Waals surface area contributed by atoms with Crippen LogP contribution in [0.3, 0.4) is 0 Å². The first kappa shape index (κ1) is 13.9. The van der Waals surface area contributed by atoms with E-state index in [1.165, 1.54) is 0 Å². The number of methoxy groups -OCH3 is 1. The molecule has 2 aromatic carbocycles. The van der Waals surface area contributed by atoms with E-state index in [-0.39, 0.29) is 11.9 Å². The van der Waals surface area contributed by atoms with E-state index in [4.69, 9.17) is 10.5 Å². The van der Waals surface area contributed by atoms with Crippen LogP contribution in [0, 0.1) is 0 Å². The van der Waals surface area contributed by atoms with E-state index >= 15 is 0 Å². The van der Waals surface area contributed by atoms with Gasteiger partial charge in [-0.05, 0) is 42.8 Å². The highest BCUT2D eigenvalue weighted by atomic mass is 16.5. The maximum absolute atomic E-state index is 12.2. The summed E-state index contributed by atoms with van der Waals surface area (Å²) in [7, 11) is 1.58. The van der Waals surface area contributed by atoms with Gasteiger partial charge in [0, 0.05) is 11.3 Å². The van der Waals surface area contributed by atoms with Crippen molar-refractivity contribution in [3.8, 4) is 5.75 Å². The Kier molecular flexibility index (Phi) is 4.25. The molecule has 1 amide bonds. The first-order valence-electron chi connectivity index (χ1n) is 6.40. The van der Waals surface area contributed by atoms with Crippen molar-refractivity contribution in [2.24, 2.45) is 0 Å². The monoisotopic (exact) mass is 270 g/mol. The molecule has 0 aliphatic rings. The van der Waals surface area contributed by atoms with Gasteiger partial charge in [0.1, 0.15) is 5.75 Å². The van der Waals surface area contributed by atoms with Crippen LogP contribution < -0.4 is 15.8 Å². The second kappa shape index (κ2) is 6.10. The summed E-state index contributed by atoms with van der Waals surface area (Å²) in [5, 5.41) is 2.94. The van der Waals surface area contributed by atoms with Crippen LogP contribution in [-0.4, -0.2) is 13.0 Å². The van der Waals surface area contributed by atoms with Crippen LogP contribution in [0.15, 0.2) is 48.5 Å². The van der Waals surface area contributed by atoms with Gasteiger partial charge in [-0.1, -0.05) is 18.2 Å². The number of ether oxygens (including phenoxy) is 1. The highest BCUT2D eigenvalue weighted by Crippen LogP contribution is 2.17. The minimum absolute atomic E-state index is 0.114. The second-order valence-electron chi connectivity index (χ2n) is 4.60. The quantitative estimate of drug-likeness (QED) is 0.840. The van der Waals surface area contributed by atoms with Crippen molar-refractivity contribution in [3.05, 3.63) is 59.7 Å². The van der Waals surface area contributed by atoms with Gasteiger partial charge >= 0.3 is 0 Å². The van der Waals surface area contributed by atoms with Gasteiger partial charge in [0.2, 0.25) is 0 Å². The van der Waals surface area contributed by atoms with Crippen LogP contribution >= 0.6 is 0 Å². The number of hydrogen-bond donors (Lipinski definition) is 2. The van der Waals surface area contributed by atoms with Gasteiger partial charge in [-0.25, -0.2) is 0 Å². The Balaban J connectivity index is 2.10. The van der Waals surface area contributed by atoms with E-state index in [0.717, 1.165) is 5.56 Å². The Bertz CT molecular complexity index is 611. The van der Waals surface area contributed by atoms with Crippen LogP contribution in [0.2, 0.25) is 0 Å². The topological polar surface area (TPSA) is 64.3 Å². The van der Waals surface area contributed by atoms with Crippen LogP contribution in [-0.2, 0) is 0 Å². The van der Waals surface area contributed by atoms with Crippen LogP contribution in [0.4, 0.5) is 5.69 Å². The van der Waals surface area contributed by atoms with Crippen molar-refractivity contribution < 1.29 is 9.53 Å². The lowest BCUT2D eigenvalue weighted by Gasteiger charge is -2.15. The molecule has 4 nitrogen and oxygen atoms in total. The van der Waals surface area contributed by atoms with Crippen molar-refractivity contribution in [2.75, 3.05) is 12.8 Å². The minimum atomic E-state index is -0.140. The minimum Gasteiger partial charge on any atom is -0.497 e. The summed E-state index contributed by atoms with van der Waals surface area (Å²) < 4.78 is 5.11. The van der Waals surface area contributed by atoms with Gasteiger partial charge in [-0.2, -0.15) is 0 Å². The average molecular weight is 270 g/mol. The molecular formula is C16H18N2O2. The van der Waals surface area contributed by atoms with E-state index in [0.29, 0.717) is 17.0 Å². The van der Waals surface area contributed by atoms with E-state index in [9.17, 15) is 4.79 Å². The molecule has 104 valence electrons. The number of nitrogens with one attached hydrogen (secondary N) is 1. The zero-order valence-corrected chi connectivity index (χ0v) is 11.6. The molecule has 20 heavy (non-hydrogen) atoms. The smallest absolute Gasteiger partial charge is 0.251 e. The molecule has 1 atom stereocenters. The lowest BCUT2D eigenvalue weighted by molar-refractivity contribution is 0.0939. The molecule has 0 fully saturated rings. The van der Waals surface area contributed by atoms with E-state index < -0.39 is 0 Å². The summed E-state index contributed by atoms with van der Waals surface area (Å²) in [5.41, 5.74) is 7.98. The largest absolute Gasteiger partial charge is 0.497 e. The molecule has 0 heterocycles. The van der Waals surface area contributed by atoms with Crippen molar-refractivity contribution >= 4 is 11.6 Å². The number of amides is 1. The van der Waals surface area contributed by atoms with Crippen LogP contribution in [0.1, 0.15) is 28.9 Å². The number of benzene rings is 2. The fraction of sp³-hybridized carbons (Fsp3) is 0.188. The van der Waals surface area contributed by atoms with Crippen LogP contribution in [0.5, 0.6) is 5.75 Å². The number of nitrogens with two attached hydrogens (primary N) is 1. The Labute approximate surface area is 118 Å². The number of rotatable bonds is 4. The standard InChI is InChI=1S/C16H18N2O2/c1-11(12-5-3-7-14(17)9-12)18-16(19)13-6-4-8-15(10-13)20-2/h3-11H,17H2,1-2H3,(H,18,19).